The largest absolute Gasteiger partial charge is 0.251 e. The van der Waals surface area contributed by atoms with Crippen molar-refractivity contribution in [3.63, 3.8) is 0 Å². The average Bonchev–Trinajstić information content (AvgIpc) is 4.05. The molecule has 2 aliphatic rings. The van der Waals surface area contributed by atoms with E-state index in [1.165, 1.54) is 101 Å². The molecule has 9 aromatic rings. The molecule has 4 nitrogen and oxygen atoms in total. The van der Waals surface area contributed by atoms with Crippen LogP contribution in [0.25, 0.3) is 80.9 Å². The Balaban J connectivity index is 0.776. The van der Waals surface area contributed by atoms with Crippen molar-refractivity contribution < 1.29 is 0 Å². The summed E-state index contributed by atoms with van der Waals surface area (Å²) >= 11 is 10.8. The molecule has 0 radical (unpaired) electrons. The van der Waals surface area contributed by atoms with E-state index in [4.69, 9.17) is 19.9 Å². The van der Waals surface area contributed by atoms with Crippen LogP contribution in [-0.4, -0.2) is 19.9 Å². The number of benzene rings is 2. The minimum absolute atomic E-state index is 0.725. The maximum Gasteiger partial charge on any atom is 0.134 e. The van der Waals surface area contributed by atoms with Crippen LogP contribution >= 0.6 is 68.0 Å². The third-order valence-electron chi connectivity index (χ3n) is 11.0. The normalized spacial score (nSPS) is 15.4. The maximum absolute atomic E-state index is 5.01. The summed E-state index contributed by atoms with van der Waals surface area (Å²) in [5.74, 6) is 1.45. The zero-order chi connectivity index (χ0) is 35.6. The Morgan fingerprint density at radius 2 is 0.759 bits per heavy atom. The van der Waals surface area contributed by atoms with Crippen LogP contribution < -0.4 is 0 Å². The first kappa shape index (κ1) is 33.4. The molecule has 0 saturated heterocycles. The van der Waals surface area contributed by atoms with Crippen LogP contribution in [0.5, 0.6) is 0 Å². The fourth-order valence-corrected chi connectivity index (χ4v) is 14.4. The summed E-state index contributed by atoms with van der Waals surface area (Å²) in [5.41, 5.74) is 7.01. The molecule has 7 heterocycles. The van der Waals surface area contributed by atoms with E-state index < -0.39 is 0 Å². The Labute approximate surface area is 337 Å². The van der Waals surface area contributed by atoms with Gasteiger partial charge in [0.2, 0.25) is 0 Å². The lowest BCUT2D eigenvalue weighted by molar-refractivity contribution is 0.724. The van der Waals surface area contributed by atoms with E-state index in [9.17, 15) is 0 Å². The highest BCUT2D eigenvalue weighted by molar-refractivity contribution is 7.29. The van der Waals surface area contributed by atoms with Crippen molar-refractivity contribution in [2.75, 3.05) is 0 Å². The number of nitrogens with zero attached hydrogens (tertiary/aromatic N) is 4. The summed E-state index contributed by atoms with van der Waals surface area (Å²) in [6.07, 6.45) is 14.6. The Kier molecular flexibility index (Phi) is 8.67. The van der Waals surface area contributed by atoms with Crippen LogP contribution in [0.4, 0.5) is 0 Å². The van der Waals surface area contributed by atoms with Crippen LogP contribution in [0.2, 0.25) is 0 Å². The molecule has 0 aliphatic heterocycles. The monoisotopic (exact) mass is 810 g/mol. The summed E-state index contributed by atoms with van der Waals surface area (Å²) in [6, 6.07) is 31.5. The zero-order valence-corrected chi connectivity index (χ0v) is 34.2. The molecule has 2 saturated carbocycles. The molecule has 2 aromatic carbocycles. The van der Waals surface area contributed by atoms with Crippen molar-refractivity contribution in [2.24, 2.45) is 0 Å². The first-order chi connectivity index (χ1) is 26.7. The van der Waals surface area contributed by atoms with Gasteiger partial charge in [-0.2, -0.15) is 0 Å². The first-order valence-electron chi connectivity index (χ1n) is 18.7. The van der Waals surface area contributed by atoms with Gasteiger partial charge in [0.1, 0.15) is 10.0 Å². The number of thiazole rings is 2. The molecule has 10 heteroatoms. The lowest BCUT2D eigenvalue weighted by Gasteiger charge is -2.08. The van der Waals surface area contributed by atoms with Crippen molar-refractivity contribution in [1.29, 1.82) is 0 Å². The summed E-state index contributed by atoms with van der Waals surface area (Å²) in [7, 11) is 0. The fourth-order valence-electron chi connectivity index (χ4n) is 8.09. The molecule has 0 amide bonds. The van der Waals surface area contributed by atoms with Gasteiger partial charge in [0.25, 0.3) is 0 Å². The summed E-state index contributed by atoms with van der Waals surface area (Å²) in [4.78, 5) is 29.5. The molecule has 54 heavy (non-hydrogen) atoms. The number of aromatic nitrogens is 4. The van der Waals surface area contributed by atoms with E-state index in [0.717, 1.165) is 54.0 Å². The van der Waals surface area contributed by atoms with Gasteiger partial charge in [-0.1, -0.05) is 37.8 Å². The Bertz CT molecular complexity index is 2570. The van der Waals surface area contributed by atoms with E-state index in [0.29, 0.717) is 0 Å². The Morgan fingerprint density at radius 3 is 1.17 bits per heavy atom. The lowest BCUT2D eigenvalue weighted by atomic mass is 9.98. The van der Waals surface area contributed by atoms with Gasteiger partial charge in [-0.15, -0.1) is 68.0 Å². The molecule has 0 N–H and O–H groups in total. The molecule has 266 valence electrons. The van der Waals surface area contributed by atoms with Crippen molar-refractivity contribution in [3.05, 3.63) is 108 Å². The summed E-state index contributed by atoms with van der Waals surface area (Å²) < 4.78 is 2.61. The third-order valence-corrected chi connectivity index (χ3v) is 18.1. The maximum atomic E-state index is 5.01. The molecule has 11 rings (SSSR count). The van der Waals surface area contributed by atoms with Crippen LogP contribution in [-0.2, 0) is 0 Å². The second-order valence-electron chi connectivity index (χ2n) is 14.4. The van der Waals surface area contributed by atoms with E-state index in [1.807, 2.05) is 57.7 Å². The molecule has 2 fully saturated rings. The number of hydrogen-bond acceptors (Lipinski definition) is 10. The van der Waals surface area contributed by atoms with E-state index in [1.54, 1.807) is 22.7 Å². The average molecular weight is 811 g/mol. The quantitative estimate of drug-likeness (QED) is 0.153. The van der Waals surface area contributed by atoms with Crippen molar-refractivity contribution in [3.8, 4) is 60.4 Å². The van der Waals surface area contributed by atoms with Gasteiger partial charge in [-0.25, -0.2) is 9.97 Å². The first-order valence-corrected chi connectivity index (χ1v) is 23.6. The highest BCUT2D eigenvalue weighted by atomic mass is 32.1. The Hall–Kier alpha value is -3.90. The molecule has 0 atom stereocenters. The van der Waals surface area contributed by atoms with E-state index in [-0.39, 0.29) is 0 Å². The second kappa shape index (κ2) is 14.0. The van der Waals surface area contributed by atoms with E-state index in [2.05, 4.69) is 84.9 Å². The second-order valence-corrected chi connectivity index (χ2v) is 20.8. The minimum Gasteiger partial charge on any atom is -0.251 e. The molecular formula is C44H34N4S6. The standard InChI is InChI=1S/C44H34N4S6/c1-2-6-25(5-1)27-9-11-29-41(21-27)53-43(47-29)39-19-17-37(51-39)35-15-13-33(49-35)31-23-46-32(24-45-31)34-14-16-36(50-34)38-18-20-40(52-38)44-48-30-12-10-28(22-42(30)54-44)26-7-3-4-8-26/h9-26H,1-8H2. The third kappa shape index (κ3) is 6.30. The van der Waals surface area contributed by atoms with Gasteiger partial charge in [0.15, 0.2) is 0 Å². The molecule has 0 unspecified atom stereocenters. The van der Waals surface area contributed by atoms with Crippen LogP contribution in [0, 0.1) is 0 Å². The van der Waals surface area contributed by atoms with Crippen LogP contribution in [0.1, 0.15) is 74.3 Å². The van der Waals surface area contributed by atoms with Gasteiger partial charge in [0, 0.05) is 19.5 Å². The highest BCUT2D eigenvalue weighted by Crippen LogP contribution is 2.45. The molecular weight excluding hydrogens is 777 g/mol. The van der Waals surface area contributed by atoms with Gasteiger partial charge in [0.05, 0.1) is 63.7 Å². The zero-order valence-electron chi connectivity index (χ0n) is 29.3. The van der Waals surface area contributed by atoms with Crippen LogP contribution in [0.15, 0.2) is 97.3 Å². The van der Waals surface area contributed by atoms with Gasteiger partial charge >= 0.3 is 0 Å². The predicted octanol–water partition coefficient (Wildman–Crippen LogP) is 15.3. The van der Waals surface area contributed by atoms with Gasteiger partial charge < -0.3 is 0 Å². The van der Waals surface area contributed by atoms with Crippen molar-refractivity contribution >= 4 is 88.5 Å². The smallest absolute Gasteiger partial charge is 0.134 e. The topological polar surface area (TPSA) is 51.6 Å². The number of rotatable bonds is 8. The highest BCUT2D eigenvalue weighted by Gasteiger charge is 2.21. The van der Waals surface area contributed by atoms with Crippen molar-refractivity contribution in [2.45, 2.75) is 63.2 Å². The SMILES string of the molecule is c1cc2nc(-c3ccc(-c4ccc(-c5cnc(-c6ccc(-c7ccc(-c8nc9ccc(C%10CCCC%10)cc9s8)s7)s6)cn5)s4)s3)sc2cc1C1CCCC1. The van der Waals surface area contributed by atoms with Gasteiger partial charge in [-0.3, -0.25) is 9.97 Å². The van der Waals surface area contributed by atoms with Gasteiger partial charge in [-0.05, 0) is 121 Å². The summed E-state index contributed by atoms with van der Waals surface area (Å²) in [5, 5.41) is 2.22. The Morgan fingerprint density at radius 1 is 0.389 bits per heavy atom. The lowest BCUT2D eigenvalue weighted by Crippen LogP contribution is -1.90. The molecule has 2 aliphatic carbocycles. The van der Waals surface area contributed by atoms with Crippen LogP contribution in [0.3, 0.4) is 0 Å². The number of fused-ring (bicyclic) bond motifs is 2. The molecule has 0 spiro atoms. The molecule has 0 bridgehead atoms. The predicted molar refractivity (Wildman–Crippen MR) is 235 cm³/mol. The number of hydrogen-bond donors (Lipinski definition) is 0. The fraction of sp³-hybridized carbons (Fsp3) is 0.227. The number of thiophene rings is 4. The summed E-state index contributed by atoms with van der Waals surface area (Å²) in [6.45, 7) is 0. The molecule has 7 aromatic heterocycles. The minimum atomic E-state index is 0.725. The van der Waals surface area contributed by atoms with Crippen molar-refractivity contribution in [1.82, 2.24) is 19.9 Å². The van der Waals surface area contributed by atoms with E-state index >= 15 is 0 Å².